The number of benzene rings is 1. The van der Waals surface area contributed by atoms with E-state index < -0.39 is 0 Å². The third kappa shape index (κ3) is 6.39. The molecule has 0 atom stereocenters. The van der Waals surface area contributed by atoms with Crippen molar-refractivity contribution < 1.29 is 4.79 Å². The van der Waals surface area contributed by atoms with E-state index >= 15 is 0 Å². The minimum atomic E-state index is 0.0848. The van der Waals surface area contributed by atoms with Gasteiger partial charge in [-0.2, -0.15) is 0 Å². The van der Waals surface area contributed by atoms with Crippen LogP contribution in [0, 0.1) is 0 Å². The minimum Gasteiger partial charge on any atom is -0.353 e. The Kier molecular flexibility index (Phi) is 6.82. The first-order valence-corrected chi connectivity index (χ1v) is 6.84. The summed E-state index contributed by atoms with van der Waals surface area (Å²) in [6.07, 6.45) is 3.12. The van der Waals surface area contributed by atoms with E-state index in [1.54, 1.807) is 17.8 Å². The molecule has 1 aromatic rings. The molecule has 1 amide bonds. The highest BCUT2D eigenvalue weighted by Crippen LogP contribution is 2.21. The van der Waals surface area contributed by atoms with Crippen molar-refractivity contribution in [2.75, 3.05) is 12.3 Å². The maximum atomic E-state index is 11.3. The van der Waals surface area contributed by atoms with Gasteiger partial charge in [-0.05, 0) is 36.4 Å². The van der Waals surface area contributed by atoms with Crippen LogP contribution < -0.4 is 5.32 Å². The summed E-state index contributed by atoms with van der Waals surface area (Å²) < 4.78 is 0. The molecular weight excluding hydrogens is 254 g/mol. The fraction of sp³-hybridized carbons (Fsp3) is 0.308. The van der Waals surface area contributed by atoms with Gasteiger partial charge in [-0.3, -0.25) is 4.79 Å². The molecule has 0 fully saturated rings. The zero-order valence-electron chi connectivity index (χ0n) is 9.62. The largest absolute Gasteiger partial charge is 0.353 e. The van der Waals surface area contributed by atoms with Gasteiger partial charge in [0.25, 0.3) is 0 Å². The molecule has 0 aromatic heterocycles. The van der Waals surface area contributed by atoms with E-state index in [4.69, 9.17) is 11.6 Å². The lowest BCUT2D eigenvalue weighted by Crippen LogP contribution is -2.22. The van der Waals surface area contributed by atoms with E-state index in [1.165, 1.54) is 4.90 Å². The highest BCUT2D eigenvalue weighted by molar-refractivity contribution is 7.99. The van der Waals surface area contributed by atoms with Crippen LogP contribution in [0.25, 0.3) is 0 Å². The molecule has 2 nitrogen and oxygen atoms in total. The van der Waals surface area contributed by atoms with Crippen molar-refractivity contribution in [2.24, 2.45) is 0 Å². The molecule has 1 N–H and O–H groups in total. The van der Waals surface area contributed by atoms with Crippen LogP contribution >= 0.6 is 23.4 Å². The van der Waals surface area contributed by atoms with Crippen molar-refractivity contribution in [3.05, 3.63) is 41.9 Å². The van der Waals surface area contributed by atoms with Crippen LogP contribution in [-0.4, -0.2) is 18.2 Å². The van der Waals surface area contributed by atoms with Crippen molar-refractivity contribution in [2.45, 2.75) is 17.7 Å². The summed E-state index contributed by atoms with van der Waals surface area (Å²) in [6.45, 7) is 4.09. The Morgan fingerprint density at radius 1 is 1.41 bits per heavy atom. The molecular formula is C13H16ClNOS. The second-order valence-corrected chi connectivity index (χ2v) is 5.10. The van der Waals surface area contributed by atoms with E-state index in [1.807, 2.05) is 24.3 Å². The maximum Gasteiger partial charge on any atom is 0.220 e. The SMILES string of the molecule is C=CCNC(=O)CCCSc1ccc(Cl)cc1. The number of carbonyl (C=O) groups is 1. The van der Waals surface area contributed by atoms with Crippen LogP contribution in [-0.2, 0) is 4.79 Å². The standard InChI is InChI=1S/C13H16ClNOS/c1-2-9-15-13(16)4-3-10-17-12-7-5-11(14)6-8-12/h2,5-8H,1,3-4,9-10H2,(H,15,16). The van der Waals surface area contributed by atoms with Gasteiger partial charge in [-0.15, -0.1) is 18.3 Å². The second kappa shape index (κ2) is 8.20. The molecule has 0 bridgehead atoms. The topological polar surface area (TPSA) is 29.1 Å². The number of hydrogen-bond donors (Lipinski definition) is 1. The van der Waals surface area contributed by atoms with Gasteiger partial charge in [-0.1, -0.05) is 17.7 Å². The Hall–Kier alpha value is -0.930. The van der Waals surface area contributed by atoms with Crippen molar-refractivity contribution in [1.29, 1.82) is 0 Å². The van der Waals surface area contributed by atoms with Crippen molar-refractivity contribution >= 4 is 29.3 Å². The lowest BCUT2D eigenvalue weighted by Gasteiger charge is -2.03. The molecule has 4 heteroatoms. The molecule has 0 saturated carbocycles. The molecule has 1 rings (SSSR count). The van der Waals surface area contributed by atoms with Gasteiger partial charge < -0.3 is 5.32 Å². The first-order chi connectivity index (χ1) is 8.22. The van der Waals surface area contributed by atoms with Crippen LogP contribution in [0.4, 0.5) is 0 Å². The summed E-state index contributed by atoms with van der Waals surface area (Å²) in [6, 6.07) is 7.73. The summed E-state index contributed by atoms with van der Waals surface area (Å²) in [4.78, 5) is 12.5. The Bertz CT molecular complexity index is 364. The lowest BCUT2D eigenvalue weighted by atomic mass is 10.3. The Morgan fingerprint density at radius 3 is 2.76 bits per heavy atom. The molecule has 0 aliphatic heterocycles. The van der Waals surface area contributed by atoms with E-state index in [9.17, 15) is 4.79 Å². The highest BCUT2D eigenvalue weighted by Gasteiger charge is 2.00. The molecule has 0 spiro atoms. The number of carbonyl (C=O) groups excluding carboxylic acids is 1. The van der Waals surface area contributed by atoms with Crippen LogP contribution in [0.15, 0.2) is 41.8 Å². The number of thioether (sulfide) groups is 1. The lowest BCUT2D eigenvalue weighted by molar-refractivity contribution is -0.120. The van der Waals surface area contributed by atoms with Gasteiger partial charge in [0.05, 0.1) is 0 Å². The summed E-state index contributed by atoms with van der Waals surface area (Å²) in [5.41, 5.74) is 0. The monoisotopic (exact) mass is 269 g/mol. The number of nitrogens with one attached hydrogen (secondary N) is 1. The summed E-state index contributed by atoms with van der Waals surface area (Å²) in [5, 5.41) is 3.50. The zero-order chi connectivity index (χ0) is 12.5. The van der Waals surface area contributed by atoms with Gasteiger partial charge in [0, 0.05) is 22.9 Å². The maximum absolute atomic E-state index is 11.3. The smallest absolute Gasteiger partial charge is 0.220 e. The van der Waals surface area contributed by atoms with Crippen LogP contribution in [0.5, 0.6) is 0 Å². The molecule has 92 valence electrons. The highest BCUT2D eigenvalue weighted by atomic mass is 35.5. The molecule has 0 saturated heterocycles. The van der Waals surface area contributed by atoms with E-state index in [2.05, 4.69) is 11.9 Å². The molecule has 0 aliphatic carbocycles. The molecule has 0 unspecified atom stereocenters. The number of rotatable bonds is 7. The van der Waals surface area contributed by atoms with Crippen LogP contribution in [0.3, 0.4) is 0 Å². The average molecular weight is 270 g/mol. The summed E-state index contributed by atoms with van der Waals surface area (Å²) >= 11 is 7.53. The third-order valence-electron chi connectivity index (χ3n) is 2.07. The zero-order valence-corrected chi connectivity index (χ0v) is 11.2. The van der Waals surface area contributed by atoms with Crippen molar-refractivity contribution in [3.8, 4) is 0 Å². The Labute approximate surface area is 111 Å². The molecule has 0 radical (unpaired) electrons. The Balaban J connectivity index is 2.13. The minimum absolute atomic E-state index is 0.0848. The number of halogens is 1. The van der Waals surface area contributed by atoms with Gasteiger partial charge in [0.1, 0.15) is 0 Å². The van der Waals surface area contributed by atoms with Gasteiger partial charge >= 0.3 is 0 Å². The number of hydrogen-bond acceptors (Lipinski definition) is 2. The van der Waals surface area contributed by atoms with Crippen LogP contribution in [0.1, 0.15) is 12.8 Å². The predicted molar refractivity (Wildman–Crippen MR) is 74.6 cm³/mol. The quantitative estimate of drug-likeness (QED) is 0.466. The van der Waals surface area contributed by atoms with Crippen molar-refractivity contribution in [1.82, 2.24) is 5.32 Å². The molecule has 0 aliphatic rings. The third-order valence-corrected chi connectivity index (χ3v) is 3.42. The summed E-state index contributed by atoms with van der Waals surface area (Å²) in [7, 11) is 0. The van der Waals surface area contributed by atoms with E-state index in [-0.39, 0.29) is 5.91 Å². The summed E-state index contributed by atoms with van der Waals surface area (Å²) in [5.74, 6) is 1.02. The fourth-order valence-corrected chi connectivity index (χ4v) is 2.21. The van der Waals surface area contributed by atoms with Crippen molar-refractivity contribution in [3.63, 3.8) is 0 Å². The van der Waals surface area contributed by atoms with E-state index in [0.29, 0.717) is 13.0 Å². The Morgan fingerprint density at radius 2 is 2.12 bits per heavy atom. The second-order valence-electron chi connectivity index (χ2n) is 3.50. The van der Waals surface area contributed by atoms with Gasteiger partial charge in [-0.25, -0.2) is 0 Å². The normalized spacial score (nSPS) is 9.94. The number of amides is 1. The average Bonchev–Trinajstić information content (AvgIpc) is 2.34. The van der Waals surface area contributed by atoms with Crippen LogP contribution in [0.2, 0.25) is 5.02 Å². The van der Waals surface area contributed by atoms with Gasteiger partial charge in [0.2, 0.25) is 5.91 Å². The predicted octanol–water partition coefficient (Wildman–Crippen LogP) is 3.51. The first kappa shape index (κ1) is 14.1. The molecule has 17 heavy (non-hydrogen) atoms. The fourth-order valence-electron chi connectivity index (χ4n) is 1.23. The van der Waals surface area contributed by atoms with E-state index in [0.717, 1.165) is 17.2 Å². The molecule has 0 heterocycles. The molecule has 1 aromatic carbocycles. The first-order valence-electron chi connectivity index (χ1n) is 5.48. The van der Waals surface area contributed by atoms with Gasteiger partial charge in [0.15, 0.2) is 0 Å².